The van der Waals surface area contributed by atoms with Crippen molar-refractivity contribution in [3.8, 4) is 0 Å². The molecule has 1 saturated heterocycles. The normalized spacial score (nSPS) is 25.9. The first-order valence-corrected chi connectivity index (χ1v) is 7.62. The maximum Gasteiger partial charge on any atom is 0.280 e. The molecule has 1 saturated carbocycles. The molecule has 2 fully saturated rings. The molecule has 5 rings (SSSR count). The number of fused-ring (bicyclic) bond motifs is 2. The molecule has 0 amide bonds. The number of hydrogen-bond donors (Lipinski definition) is 1. The van der Waals surface area contributed by atoms with E-state index in [4.69, 9.17) is 4.52 Å². The van der Waals surface area contributed by atoms with Crippen molar-refractivity contribution in [3.05, 3.63) is 34.7 Å². The van der Waals surface area contributed by atoms with Crippen LogP contribution in [0, 0.1) is 11.8 Å². The van der Waals surface area contributed by atoms with Gasteiger partial charge in [-0.25, -0.2) is 9.97 Å². The van der Waals surface area contributed by atoms with Crippen molar-refractivity contribution in [3.63, 3.8) is 0 Å². The predicted octanol–water partition coefficient (Wildman–Crippen LogP) is -0.506. The Kier molecular flexibility index (Phi) is 2.52. The van der Waals surface area contributed by atoms with Crippen LogP contribution in [-0.4, -0.2) is 42.3 Å². The Labute approximate surface area is 130 Å². The van der Waals surface area contributed by atoms with Crippen molar-refractivity contribution >= 4 is 11.2 Å². The van der Waals surface area contributed by atoms with E-state index >= 15 is 0 Å². The third kappa shape index (κ3) is 1.86. The fraction of sp³-hybridized carbons (Fsp3) is 0.500. The van der Waals surface area contributed by atoms with E-state index in [0.717, 1.165) is 18.9 Å². The Hall–Kier alpha value is -2.55. The summed E-state index contributed by atoms with van der Waals surface area (Å²) in [4.78, 5) is 25.2. The highest BCUT2D eigenvalue weighted by Gasteiger charge is 2.55. The topological polar surface area (TPSA) is 104 Å². The largest absolute Gasteiger partial charge is 0.337 e. The van der Waals surface area contributed by atoms with Gasteiger partial charge in [0.2, 0.25) is 5.89 Å². The molecule has 0 radical (unpaired) electrons. The lowest BCUT2D eigenvalue weighted by molar-refractivity contribution is 0.363. The van der Waals surface area contributed by atoms with Crippen LogP contribution in [0.15, 0.2) is 22.0 Å². The third-order valence-corrected chi connectivity index (χ3v) is 4.88. The zero-order valence-electron chi connectivity index (χ0n) is 12.5. The summed E-state index contributed by atoms with van der Waals surface area (Å²) in [6, 6.07) is 0. The molecule has 3 aromatic heterocycles. The van der Waals surface area contributed by atoms with E-state index in [1.807, 2.05) is 0 Å². The van der Waals surface area contributed by atoms with Gasteiger partial charge in [0.05, 0.1) is 6.33 Å². The van der Waals surface area contributed by atoms with Crippen molar-refractivity contribution in [1.29, 1.82) is 0 Å². The van der Waals surface area contributed by atoms with E-state index in [2.05, 4.69) is 25.4 Å². The van der Waals surface area contributed by atoms with E-state index in [1.165, 1.54) is 10.9 Å². The Morgan fingerprint density at radius 2 is 2.09 bits per heavy atom. The monoisotopic (exact) mass is 313 g/mol. The minimum absolute atomic E-state index is 0.165. The Morgan fingerprint density at radius 3 is 2.91 bits per heavy atom. The molecule has 1 aliphatic carbocycles. The van der Waals surface area contributed by atoms with Gasteiger partial charge in [-0.2, -0.15) is 4.98 Å². The molecular weight excluding hydrogens is 298 g/mol. The molecule has 3 aromatic rings. The van der Waals surface area contributed by atoms with Crippen molar-refractivity contribution in [2.75, 3.05) is 13.1 Å². The quantitative estimate of drug-likeness (QED) is 0.694. The molecule has 0 aromatic carbocycles. The maximum absolute atomic E-state index is 12.5. The van der Waals surface area contributed by atoms with E-state index in [9.17, 15) is 4.79 Å². The summed E-state index contributed by atoms with van der Waals surface area (Å²) in [6.07, 6.45) is 3.05. The number of imidazole rings is 1. The first-order valence-electron chi connectivity index (χ1n) is 7.62. The molecule has 2 aliphatic rings. The molecule has 0 spiro atoms. The summed E-state index contributed by atoms with van der Waals surface area (Å²) in [5.41, 5.74) is 0.746. The van der Waals surface area contributed by atoms with Crippen LogP contribution in [0.25, 0.3) is 11.2 Å². The average molecular weight is 313 g/mol. The van der Waals surface area contributed by atoms with Gasteiger partial charge in [0.25, 0.3) is 5.56 Å². The predicted molar refractivity (Wildman–Crippen MR) is 78.8 cm³/mol. The standard InChI is InChI=1S/C14H15N7O2/c1-20-5-16-13-11(20)14(22)21(6-17-13)4-9-18-12(19-23-9)10-7-2-15-3-8(7)10/h5-8,10,15H,2-4H2,1H3/t7-,8+,10+. The highest BCUT2D eigenvalue weighted by Crippen LogP contribution is 2.54. The van der Waals surface area contributed by atoms with Gasteiger partial charge in [-0.05, 0) is 24.9 Å². The Balaban J connectivity index is 1.44. The second kappa shape index (κ2) is 4.48. The fourth-order valence-electron chi connectivity index (χ4n) is 3.60. The third-order valence-electron chi connectivity index (χ3n) is 4.88. The number of nitrogens with one attached hydrogen (secondary N) is 1. The van der Waals surface area contributed by atoms with Crippen LogP contribution in [0.5, 0.6) is 0 Å². The zero-order chi connectivity index (χ0) is 15.6. The number of nitrogens with zero attached hydrogens (tertiary/aromatic N) is 6. The Bertz CT molecular complexity index is 946. The lowest BCUT2D eigenvalue weighted by Crippen LogP contribution is -2.22. The molecule has 4 heterocycles. The van der Waals surface area contributed by atoms with Crippen molar-refractivity contribution < 1.29 is 4.52 Å². The highest BCUT2D eigenvalue weighted by molar-refractivity contribution is 5.68. The summed E-state index contributed by atoms with van der Waals surface area (Å²) < 4.78 is 8.46. The first-order chi connectivity index (χ1) is 11.2. The summed E-state index contributed by atoms with van der Waals surface area (Å²) in [5.74, 6) is 2.87. The van der Waals surface area contributed by atoms with Crippen LogP contribution in [-0.2, 0) is 13.6 Å². The lowest BCUT2D eigenvalue weighted by Gasteiger charge is -2.01. The number of aryl methyl sites for hydroxylation is 1. The van der Waals surface area contributed by atoms with E-state index < -0.39 is 0 Å². The maximum atomic E-state index is 12.5. The van der Waals surface area contributed by atoms with Gasteiger partial charge in [0, 0.05) is 13.0 Å². The van der Waals surface area contributed by atoms with Crippen molar-refractivity contribution in [1.82, 2.24) is 34.6 Å². The molecule has 1 aliphatic heterocycles. The number of hydrogen-bond acceptors (Lipinski definition) is 7. The van der Waals surface area contributed by atoms with Crippen LogP contribution >= 0.6 is 0 Å². The molecule has 0 bridgehead atoms. The minimum Gasteiger partial charge on any atom is -0.337 e. The summed E-state index contributed by atoms with van der Waals surface area (Å²) in [6.45, 7) is 2.28. The number of aromatic nitrogens is 6. The molecule has 1 N–H and O–H groups in total. The van der Waals surface area contributed by atoms with Crippen LogP contribution in [0.4, 0.5) is 0 Å². The van der Waals surface area contributed by atoms with Gasteiger partial charge >= 0.3 is 0 Å². The van der Waals surface area contributed by atoms with Crippen LogP contribution in [0.3, 0.4) is 0 Å². The van der Waals surface area contributed by atoms with Gasteiger partial charge < -0.3 is 14.4 Å². The van der Waals surface area contributed by atoms with E-state index in [0.29, 0.717) is 34.8 Å². The van der Waals surface area contributed by atoms with Gasteiger partial charge in [-0.15, -0.1) is 0 Å². The summed E-state index contributed by atoms with van der Waals surface area (Å²) in [5, 5.41) is 7.44. The number of piperidine rings is 1. The van der Waals surface area contributed by atoms with E-state index in [1.54, 1.807) is 17.9 Å². The van der Waals surface area contributed by atoms with Crippen molar-refractivity contribution in [2.24, 2.45) is 18.9 Å². The molecule has 23 heavy (non-hydrogen) atoms. The van der Waals surface area contributed by atoms with Crippen LogP contribution < -0.4 is 10.9 Å². The fourth-order valence-corrected chi connectivity index (χ4v) is 3.60. The molecule has 9 nitrogen and oxygen atoms in total. The highest BCUT2D eigenvalue weighted by atomic mass is 16.5. The van der Waals surface area contributed by atoms with Crippen LogP contribution in [0.1, 0.15) is 17.6 Å². The summed E-state index contributed by atoms with van der Waals surface area (Å²) >= 11 is 0. The van der Waals surface area contributed by atoms with E-state index in [-0.39, 0.29) is 12.1 Å². The van der Waals surface area contributed by atoms with Gasteiger partial charge in [0.1, 0.15) is 12.9 Å². The first kappa shape index (κ1) is 12.9. The SMILES string of the molecule is Cn1cnc2ncn(Cc3nc([C@H]4[C@@H]5CNC[C@@H]54)no3)c(=O)c21. The lowest BCUT2D eigenvalue weighted by atomic mass is 10.3. The molecule has 118 valence electrons. The minimum atomic E-state index is -0.165. The molecule has 0 unspecified atom stereocenters. The van der Waals surface area contributed by atoms with Gasteiger partial charge in [0.15, 0.2) is 17.0 Å². The van der Waals surface area contributed by atoms with Crippen LogP contribution in [0.2, 0.25) is 0 Å². The number of rotatable bonds is 3. The average Bonchev–Trinajstić information content (AvgIpc) is 3.01. The zero-order valence-corrected chi connectivity index (χ0v) is 12.5. The Morgan fingerprint density at radius 1 is 1.30 bits per heavy atom. The molecular formula is C14H15N7O2. The van der Waals surface area contributed by atoms with Gasteiger partial charge in [-0.3, -0.25) is 9.36 Å². The van der Waals surface area contributed by atoms with Gasteiger partial charge in [-0.1, -0.05) is 5.16 Å². The van der Waals surface area contributed by atoms with Crippen molar-refractivity contribution in [2.45, 2.75) is 12.5 Å². The summed E-state index contributed by atoms with van der Waals surface area (Å²) in [7, 11) is 1.77. The molecule has 9 heteroatoms. The molecule has 3 atom stereocenters. The second-order valence-electron chi connectivity index (χ2n) is 6.26. The smallest absolute Gasteiger partial charge is 0.280 e. The second-order valence-corrected chi connectivity index (χ2v) is 6.26.